The van der Waals surface area contributed by atoms with E-state index in [0.29, 0.717) is 0 Å². The summed E-state index contributed by atoms with van der Waals surface area (Å²) >= 11 is 0. The second-order valence-electron chi connectivity index (χ2n) is 6.14. The molecule has 6 nitrogen and oxygen atoms in total. The van der Waals surface area contributed by atoms with Crippen molar-refractivity contribution < 1.29 is 30.0 Å². The Morgan fingerprint density at radius 2 is 1.08 bits per heavy atom. The number of esters is 2. The summed E-state index contributed by atoms with van der Waals surface area (Å²) < 4.78 is 10.6. The monoisotopic (exact) mass is 354 g/mol. The molecule has 2 rings (SSSR count). The van der Waals surface area contributed by atoms with Gasteiger partial charge in [0.15, 0.2) is 0 Å². The molecule has 0 heterocycles. The molecule has 0 amide bonds. The van der Waals surface area contributed by atoms with E-state index in [2.05, 4.69) is 0 Å². The first-order valence-corrected chi connectivity index (χ1v) is 8.95. The van der Waals surface area contributed by atoms with Crippen LogP contribution in [-0.4, -0.2) is 42.9 Å². The van der Waals surface area contributed by atoms with Crippen LogP contribution in [0.2, 0.25) is 6.32 Å². The van der Waals surface area contributed by atoms with E-state index >= 15 is 0 Å². The molecule has 0 saturated heterocycles. The van der Waals surface area contributed by atoms with E-state index in [1.165, 1.54) is 25.0 Å². The quantitative estimate of drug-likeness (QED) is 0.433. The van der Waals surface area contributed by atoms with Gasteiger partial charge in [-0.2, -0.15) is 0 Å². The molecule has 142 valence electrons. The molecule has 0 aromatic rings. The molecule has 0 spiro atoms. The van der Waals surface area contributed by atoms with Crippen LogP contribution in [0.1, 0.15) is 71.1 Å². The first kappa shape index (κ1) is 25.9. The van der Waals surface area contributed by atoms with E-state index in [9.17, 15) is 9.59 Å². The third-order valence-corrected chi connectivity index (χ3v) is 4.03. The second kappa shape index (κ2) is 16.2. The molecule has 2 aliphatic rings. The zero-order valence-electron chi connectivity index (χ0n) is 15.2. The molecule has 0 bridgehead atoms. The van der Waals surface area contributed by atoms with Crippen LogP contribution in [0.25, 0.3) is 0 Å². The van der Waals surface area contributed by atoms with Gasteiger partial charge in [-0.1, -0.05) is 12.8 Å². The van der Waals surface area contributed by atoms with E-state index in [-0.39, 0.29) is 23.2 Å². The molecule has 25 heavy (non-hydrogen) atoms. The van der Waals surface area contributed by atoms with Crippen molar-refractivity contribution in [2.45, 2.75) is 89.7 Å². The number of ether oxygens (including phenoxy) is 2. The van der Waals surface area contributed by atoms with Crippen molar-refractivity contribution in [1.82, 2.24) is 0 Å². The van der Waals surface area contributed by atoms with Gasteiger partial charge in [-0.15, -0.1) is 0 Å². The summed E-state index contributed by atoms with van der Waals surface area (Å²) in [6, 6.07) is 0. The fourth-order valence-electron chi connectivity index (χ4n) is 2.91. The van der Waals surface area contributed by atoms with Gasteiger partial charge in [-0.05, 0) is 51.4 Å². The Labute approximate surface area is 152 Å². The van der Waals surface area contributed by atoms with Crippen LogP contribution in [-0.2, 0) is 19.1 Å². The molecule has 0 aromatic carbocycles. The maximum atomic E-state index is 11.6. The normalized spacial score (nSPS) is 18.2. The summed E-state index contributed by atoms with van der Waals surface area (Å²) in [5, 5.41) is 0. The Balaban J connectivity index is 0. The minimum absolute atomic E-state index is 0. The SMILES string of the molecule is O=C(/C=C\C(=O)OC1CCCCC1)OC1CCCCC1.[B+2]CC.[OH-].[OH-]. The summed E-state index contributed by atoms with van der Waals surface area (Å²) in [4.78, 5) is 23.2. The topological polar surface area (TPSA) is 113 Å². The van der Waals surface area contributed by atoms with Crippen LogP contribution in [0.5, 0.6) is 0 Å². The molecule has 0 aromatic heterocycles. The van der Waals surface area contributed by atoms with Gasteiger partial charge in [0.05, 0.1) is 0 Å². The van der Waals surface area contributed by atoms with E-state index in [1.807, 2.05) is 6.92 Å². The van der Waals surface area contributed by atoms with Crippen LogP contribution >= 0.6 is 0 Å². The van der Waals surface area contributed by atoms with E-state index in [4.69, 9.17) is 17.3 Å². The minimum Gasteiger partial charge on any atom is -0.870 e. The summed E-state index contributed by atoms with van der Waals surface area (Å²) in [6.45, 7) is 1.90. The molecule has 2 saturated carbocycles. The van der Waals surface area contributed by atoms with Crippen LogP contribution in [0.4, 0.5) is 0 Å². The minimum atomic E-state index is -0.433. The number of carbonyl (C=O) groups is 2. The molecular weight excluding hydrogens is 323 g/mol. The summed E-state index contributed by atoms with van der Waals surface area (Å²) in [6.07, 6.45) is 13.8. The second-order valence-corrected chi connectivity index (χ2v) is 6.14. The summed E-state index contributed by atoms with van der Waals surface area (Å²) in [5.74, 6) is -0.866. The largest absolute Gasteiger partial charge is 0.870 e. The van der Waals surface area contributed by atoms with E-state index in [0.717, 1.165) is 57.7 Å². The molecular formula is C18H31BO6. The third kappa shape index (κ3) is 12.6. The van der Waals surface area contributed by atoms with Gasteiger partial charge >= 0.3 is 33.0 Å². The molecule has 0 unspecified atom stereocenters. The van der Waals surface area contributed by atoms with Crippen LogP contribution in [0.15, 0.2) is 12.2 Å². The van der Waals surface area contributed by atoms with Crippen LogP contribution in [0.3, 0.4) is 0 Å². The van der Waals surface area contributed by atoms with Crippen molar-refractivity contribution in [2.75, 3.05) is 0 Å². The van der Waals surface area contributed by atoms with Gasteiger partial charge in [0.25, 0.3) is 0 Å². The number of carbonyl (C=O) groups excluding carboxylic acids is 2. The molecule has 0 radical (unpaired) electrons. The number of rotatable bonds is 4. The molecule has 2 fully saturated rings. The smallest absolute Gasteiger partial charge is 0.870 e. The number of hydrogen-bond acceptors (Lipinski definition) is 6. The van der Waals surface area contributed by atoms with Crippen molar-refractivity contribution in [3.8, 4) is 0 Å². The predicted molar refractivity (Wildman–Crippen MR) is 95.2 cm³/mol. The van der Waals surface area contributed by atoms with E-state index in [1.54, 1.807) is 0 Å². The summed E-state index contributed by atoms with van der Waals surface area (Å²) in [7, 11) is 4.85. The molecule has 7 heteroatoms. The Hall–Kier alpha value is -1.34. The van der Waals surface area contributed by atoms with Crippen molar-refractivity contribution in [3.63, 3.8) is 0 Å². The zero-order chi connectivity index (χ0) is 16.9. The molecule has 2 aliphatic carbocycles. The van der Waals surface area contributed by atoms with Gasteiger partial charge in [-0.3, -0.25) is 0 Å². The average Bonchev–Trinajstić information content (AvgIpc) is 2.56. The fourth-order valence-corrected chi connectivity index (χ4v) is 2.91. The Kier molecular flexibility index (Phi) is 16.7. The Morgan fingerprint density at radius 3 is 1.36 bits per heavy atom. The summed E-state index contributed by atoms with van der Waals surface area (Å²) in [5.41, 5.74) is 0. The Bertz CT molecular complexity index is 340. The predicted octanol–water partition coefficient (Wildman–Crippen LogP) is 3.53. The van der Waals surface area contributed by atoms with Gasteiger partial charge < -0.3 is 20.4 Å². The van der Waals surface area contributed by atoms with Crippen molar-refractivity contribution in [3.05, 3.63) is 12.2 Å². The van der Waals surface area contributed by atoms with Gasteiger partial charge in [0, 0.05) is 12.2 Å². The first-order valence-electron chi connectivity index (χ1n) is 8.95. The van der Waals surface area contributed by atoms with Crippen LogP contribution in [0, 0.1) is 0 Å². The van der Waals surface area contributed by atoms with E-state index < -0.39 is 11.9 Å². The fraction of sp³-hybridized carbons (Fsp3) is 0.778. The van der Waals surface area contributed by atoms with Crippen molar-refractivity contribution in [2.24, 2.45) is 0 Å². The van der Waals surface area contributed by atoms with Gasteiger partial charge in [-0.25, -0.2) is 9.59 Å². The van der Waals surface area contributed by atoms with Gasteiger partial charge in [0.1, 0.15) is 12.2 Å². The standard InChI is InChI=1S/C16H24O4.C2H5B.2H2O/c17-15(19-13-7-3-1-4-8-13)11-12-16(18)20-14-9-5-2-6-10-14;1-2-3;;/h11-14H,1-10H2;2H2,1H3;2*1H2/q;+2;;/p-2/b12-11-;;;. The van der Waals surface area contributed by atoms with Crippen molar-refractivity contribution in [1.29, 1.82) is 0 Å². The Morgan fingerprint density at radius 1 is 0.800 bits per heavy atom. The third-order valence-electron chi connectivity index (χ3n) is 4.03. The zero-order valence-corrected chi connectivity index (χ0v) is 15.2. The first-order chi connectivity index (χ1) is 11.2. The molecule has 0 atom stereocenters. The number of hydrogen-bond donors (Lipinski definition) is 0. The van der Waals surface area contributed by atoms with Crippen LogP contribution < -0.4 is 0 Å². The molecule has 2 N–H and O–H groups in total. The van der Waals surface area contributed by atoms with Gasteiger partial charge in [0.2, 0.25) is 0 Å². The average molecular weight is 354 g/mol. The molecule has 0 aliphatic heterocycles. The maximum absolute atomic E-state index is 11.6. The van der Waals surface area contributed by atoms with Crippen molar-refractivity contribution >= 4 is 19.8 Å². The maximum Gasteiger partial charge on any atom is -0.870 e.